The maximum Gasteiger partial charge on any atom is 0.247 e. The molecule has 2 amide bonds. The van der Waals surface area contributed by atoms with Crippen LogP contribution >= 0.6 is 35.0 Å². The molecule has 2 aromatic rings. The molecule has 2 N–H and O–H groups in total. The van der Waals surface area contributed by atoms with E-state index in [1.54, 1.807) is 6.07 Å². The van der Waals surface area contributed by atoms with Gasteiger partial charge in [0.1, 0.15) is 23.0 Å². The lowest BCUT2D eigenvalue weighted by atomic mass is 10.0. The lowest BCUT2D eigenvalue weighted by molar-refractivity contribution is -0.121. The number of pyridine rings is 1. The van der Waals surface area contributed by atoms with Crippen molar-refractivity contribution in [3.63, 3.8) is 0 Å². The first kappa shape index (κ1) is 20.5. The predicted octanol–water partition coefficient (Wildman–Crippen LogP) is 4.02. The Hall–Kier alpha value is -2.78. The third-order valence-electron chi connectivity index (χ3n) is 4.96. The number of nitrogen functional groups attached to an aromatic ring is 1. The molecule has 1 saturated carbocycles. The van der Waals surface area contributed by atoms with Gasteiger partial charge in [-0.3, -0.25) is 9.59 Å². The predicted molar refractivity (Wildman–Crippen MR) is 113 cm³/mol. The molecular weight excluding hydrogens is 445 g/mol. The van der Waals surface area contributed by atoms with Crippen molar-refractivity contribution >= 4 is 58.3 Å². The number of carbonyl (C=O) groups excluding carboxylic acids is 2. The Morgan fingerprint density at radius 1 is 1.13 bits per heavy atom. The molecule has 1 aromatic carbocycles. The first-order valence-electron chi connectivity index (χ1n) is 8.97. The van der Waals surface area contributed by atoms with Crippen LogP contribution < -0.4 is 10.6 Å². The summed E-state index contributed by atoms with van der Waals surface area (Å²) < 4.78 is 0. The number of halogens is 2. The van der Waals surface area contributed by atoms with E-state index in [1.165, 1.54) is 12.1 Å². The molecule has 1 aliphatic carbocycles. The van der Waals surface area contributed by atoms with Gasteiger partial charge in [0.25, 0.3) is 0 Å². The first-order valence-corrected chi connectivity index (χ1v) is 10.6. The zero-order chi connectivity index (χ0) is 21.6. The summed E-state index contributed by atoms with van der Waals surface area (Å²) in [6, 6.07) is 8.66. The van der Waals surface area contributed by atoms with Crippen LogP contribution in [0.25, 0.3) is 0 Å². The number of hydrogen-bond donors (Lipinski definition) is 1. The minimum Gasteiger partial charge on any atom is -0.383 e. The van der Waals surface area contributed by atoms with Crippen LogP contribution in [0.4, 0.5) is 11.5 Å². The number of anilines is 2. The molecule has 30 heavy (non-hydrogen) atoms. The summed E-state index contributed by atoms with van der Waals surface area (Å²) in [5.41, 5.74) is 7.34. The van der Waals surface area contributed by atoms with Crippen molar-refractivity contribution in [2.24, 2.45) is 0 Å². The number of aromatic nitrogens is 1. The SMILES string of the molecule is N#Cc1c(N)nc(S[C@H]2CC(=O)N(c3ccc(Cl)c(Cl)c3)C2=O)c(C#N)c1C1CC1. The fourth-order valence-electron chi connectivity index (χ4n) is 3.42. The number of nitrogens with two attached hydrogens (primary N) is 1. The summed E-state index contributed by atoms with van der Waals surface area (Å²) >= 11 is 13.0. The highest BCUT2D eigenvalue weighted by Crippen LogP contribution is 2.47. The van der Waals surface area contributed by atoms with Crippen molar-refractivity contribution in [3.05, 3.63) is 44.9 Å². The summed E-state index contributed by atoms with van der Waals surface area (Å²) in [6.07, 6.45) is 1.67. The Morgan fingerprint density at radius 2 is 1.83 bits per heavy atom. The van der Waals surface area contributed by atoms with Crippen LogP contribution in [-0.4, -0.2) is 22.0 Å². The third kappa shape index (κ3) is 3.48. The highest BCUT2D eigenvalue weighted by molar-refractivity contribution is 8.00. The van der Waals surface area contributed by atoms with E-state index < -0.39 is 17.1 Å². The topological polar surface area (TPSA) is 124 Å². The molecule has 2 aliphatic rings. The second-order valence-electron chi connectivity index (χ2n) is 6.94. The van der Waals surface area contributed by atoms with Crippen molar-refractivity contribution in [3.8, 4) is 12.1 Å². The summed E-state index contributed by atoms with van der Waals surface area (Å²) in [5.74, 6) is -0.713. The van der Waals surface area contributed by atoms with Gasteiger partial charge in [0.05, 0.1) is 32.1 Å². The number of thioether (sulfide) groups is 1. The van der Waals surface area contributed by atoms with Gasteiger partial charge in [-0.1, -0.05) is 35.0 Å². The van der Waals surface area contributed by atoms with E-state index in [0.29, 0.717) is 16.3 Å². The van der Waals surface area contributed by atoms with E-state index in [4.69, 9.17) is 28.9 Å². The number of benzene rings is 1. The van der Waals surface area contributed by atoms with Crippen LogP contribution in [0.2, 0.25) is 10.0 Å². The van der Waals surface area contributed by atoms with Gasteiger partial charge in [-0.15, -0.1) is 0 Å². The van der Waals surface area contributed by atoms with E-state index in [1.807, 2.05) is 6.07 Å². The van der Waals surface area contributed by atoms with Crippen molar-refractivity contribution in [1.82, 2.24) is 4.98 Å². The Balaban J connectivity index is 1.68. The minimum atomic E-state index is -0.772. The molecule has 0 bridgehead atoms. The molecule has 2 fully saturated rings. The quantitative estimate of drug-likeness (QED) is 0.687. The van der Waals surface area contributed by atoms with Gasteiger partial charge in [-0.25, -0.2) is 9.88 Å². The van der Waals surface area contributed by atoms with Crippen molar-refractivity contribution in [2.45, 2.75) is 35.5 Å². The van der Waals surface area contributed by atoms with E-state index in [2.05, 4.69) is 11.1 Å². The first-order chi connectivity index (χ1) is 14.3. The van der Waals surface area contributed by atoms with Crippen LogP contribution in [0.3, 0.4) is 0 Å². The largest absolute Gasteiger partial charge is 0.383 e. The standard InChI is InChI=1S/C20H13Cl2N5O2S/c21-13-4-3-10(5-14(13)22)27-16(28)6-15(20(27)29)30-19-12(8-24)17(9-1-2-9)11(7-23)18(25)26-19/h3-5,9,15H,1-2,6H2,(H2,25,26)/t15-/m0/s1. The number of imide groups is 1. The highest BCUT2D eigenvalue weighted by atomic mass is 35.5. The van der Waals surface area contributed by atoms with Gasteiger partial charge >= 0.3 is 0 Å². The molecule has 10 heteroatoms. The normalized spacial score (nSPS) is 18.4. The van der Waals surface area contributed by atoms with Gasteiger partial charge in [-0.2, -0.15) is 10.5 Å². The van der Waals surface area contributed by atoms with E-state index in [-0.39, 0.29) is 39.3 Å². The van der Waals surface area contributed by atoms with Crippen molar-refractivity contribution in [1.29, 1.82) is 10.5 Å². The number of rotatable bonds is 4. The lowest BCUT2D eigenvalue weighted by Crippen LogP contribution is -2.31. The van der Waals surface area contributed by atoms with Crippen molar-refractivity contribution in [2.75, 3.05) is 10.6 Å². The van der Waals surface area contributed by atoms with Crippen LogP contribution in [0, 0.1) is 22.7 Å². The van der Waals surface area contributed by atoms with Crippen molar-refractivity contribution < 1.29 is 9.59 Å². The van der Waals surface area contributed by atoms with Gasteiger partial charge in [0, 0.05) is 6.42 Å². The molecule has 4 rings (SSSR count). The average Bonchev–Trinajstić information content (AvgIpc) is 3.50. The van der Waals surface area contributed by atoms with Crippen LogP contribution in [-0.2, 0) is 9.59 Å². The van der Waals surface area contributed by atoms with Gasteiger partial charge in [0.2, 0.25) is 11.8 Å². The number of hydrogen-bond acceptors (Lipinski definition) is 7. The van der Waals surface area contributed by atoms with Crippen LogP contribution in [0.1, 0.15) is 41.9 Å². The summed E-state index contributed by atoms with van der Waals surface area (Å²) in [5, 5.41) is 19.2. The highest BCUT2D eigenvalue weighted by Gasteiger charge is 2.42. The summed E-state index contributed by atoms with van der Waals surface area (Å²) in [7, 11) is 0. The minimum absolute atomic E-state index is 0.0269. The van der Waals surface area contributed by atoms with Gasteiger partial charge in [-0.05, 0) is 42.5 Å². The average molecular weight is 458 g/mol. The summed E-state index contributed by atoms with van der Waals surface area (Å²) in [4.78, 5) is 30.8. The molecule has 0 unspecified atom stereocenters. The maximum absolute atomic E-state index is 13.0. The molecule has 0 radical (unpaired) electrons. The maximum atomic E-state index is 13.0. The number of amides is 2. The van der Waals surface area contributed by atoms with E-state index >= 15 is 0 Å². The molecule has 7 nitrogen and oxygen atoms in total. The van der Waals surface area contributed by atoms with Gasteiger partial charge in [0.15, 0.2) is 0 Å². The van der Waals surface area contributed by atoms with Crippen LogP contribution in [0.15, 0.2) is 23.2 Å². The molecule has 2 heterocycles. The second-order valence-corrected chi connectivity index (χ2v) is 8.95. The number of nitrogens with zero attached hydrogens (tertiary/aromatic N) is 4. The zero-order valence-electron chi connectivity index (χ0n) is 15.4. The number of nitriles is 2. The molecule has 1 saturated heterocycles. The smallest absolute Gasteiger partial charge is 0.247 e. The van der Waals surface area contributed by atoms with E-state index in [9.17, 15) is 20.1 Å². The molecular formula is C20H13Cl2N5O2S. The third-order valence-corrected chi connectivity index (χ3v) is 6.87. The second kappa shape index (κ2) is 7.81. The number of carbonyl (C=O) groups is 2. The molecule has 150 valence electrons. The fourth-order valence-corrected chi connectivity index (χ4v) is 4.84. The Labute approximate surface area is 186 Å². The molecule has 0 spiro atoms. The molecule has 1 aromatic heterocycles. The zero-order valence-corrected chi connectivity index (χ0v) is 17.7. The Bertz CT molecular complexity index is 1180. The fraction of sp³-hybridized carbons (Fsp3) is 0.250. The van der Waals surface area contributed by atoms with Crippen LogP contribution in [0.5, 0.6) is 0 Å². The monoisotopic (exact) mass is 457 g/mol. The van der Waals surface area contributed by atoms with Gasteiger partial charge < -0.3 is 5.73 Å². The molecule has 1 atom stereocenters. The molecule has 1 aliphatic heterocycles. The van der Waals surface area contributed by atoms with E-state index in [0.717, 1.165) is 29.5 Å². The lowest BCUT2D eigenvalue weighted by Gasteiger charge is -2.16. The summed E-state index contributed by atoms with van der Waals surface area (Å²) in [6.45, 7) is 0. The Kier molecular flexibility index (Phi) is 5.33. The Morgan fingerprint density at radius 3 is 2.43 bits per heavy atom.